The van der Waals surface area contributed by atoms with Crippen molar-refractivity contribution >= 4 is 10.9 Å². The first-order valence-corrected chi connectivity index (χ1v) is 7.53. The largest absolute Gasteiger partial charge is 0.497 e. The van der Waals surface area contributed by atoms with E-state index in [-0.39, 0.29) is 12.5 Å². The molecular formula is C19H18N2O2. The van der Waals surface area contributed by atoms with Crippen molar-refractivity contribution < 1.29 is 9.84 Å². The number of hydrogen-bond acceptors (Lipinski definition) is 3. The minimum Gasteiger partial charge on any atom is -0.497 e. The molecule has 1 atom stereocenters. The van der Waals surface area contributed by atoms with Crippen LogP contribution in [0.2, 0.25) is 0 Å². The average Bonchev–Trinajstić information content (AvgIpc) is 3.02. The highest BCUT2D eigenvalue weighted by Gasteiger charge is 2.20. The van der Waals surface area contributed by atoms with E-state index in [4.69, 9.17) is 4.74 Å². The molecule has 23 heavy (non-hydrogen) atoms. The lowest BCUT2D eigenvalue weighted by molar-refractivity contribution is 0.281. The number of nitrogens with zero attached hydrogens (tertiary/aromatic N) is 1. The van der Waals surface area contributed by atoms with Crippen LogP contribution >= 0.6 is 0 Å². The number of rotatable bonds is 5. The molecule has 0 saturated heterocycles. The fourth-order valence-electron chi connectivity index (χ4n) is 3.07. The Hall–Kier alpha value is -2.77. The monoisotopic (exact) mass is 306 g/mol. The standard InChI is InChI=1S/C19H18N2O2/c1-23-15-9-17(19-14(11-20)12-21-18(19)10-15)16(7-8-22)13-5-3-2-4-6-13/h2-6,9-10,12,16,21-22H,7-8H2,1H3. The topological polar surface area (TPSA) is 69.0 Å². The first-order chi connectivity index (χ1) is 11.3. The molecule has 1 heterocycles. The van der Waals surface area contributed by atoms with Crippen molar-refractivity contribution in [2.45, 2.75) is 12.3 Å². The molecule has 3 rings (SSSR count). The first kappa shape index (κ1) is 15.1. The van der Waals surface area contributed by atoms with Gasteiger partial charge in [0, 0.05) is 30.2 Å². The predicted molar refractivity (Wildman–Crippen MR) is 89.6 cm³/mol. The Morgan fingerprint density at radius 3 is 2.70 bits per heavy atom. The number of nitrogens with one attached hydrogen (secondary N) is 1. The quantitative estimate of drug-likeness (QED) is 0.757. The number of aliphatic hydroxyl groups is 1. The van der Waals surface area contributed by atoms with Crippen LogP contribution in [0.4, 0.5) is 0 Å². The van der Waals surface area contributed by atoms with Crippen LogP contribution in [0.15, 0.2) is 48.7 Å². The van der Waals surface area contributed by atoms with Gasteiger partial charge in [-0.05, 0) is 23.6 Å². The van der Waals surface area contributed by atoms with Gasteiger partial charge in [0.15, 0.2) is 0 Å². The minimum atomic E-state index is 0.00157. The number of methoxy groups -OCH3 is 1. The van der Waals surface area contributed by atoms with Crippen LogP contribution in [0.25, 0.3) is 10.9 Å². The number of ether oxygens (including phenoxy) is 1. The van der Waals surface area contributed by atoms with E-state index in [1.54, 1.807) is 13.3 Å². The highest BCUT2D eigenvalue weighted by atomic mass is 16.5. The zero-order valence-corrected chi connectivity index (χ0v) is 12.9. The number of aromatic nitrogens is 1. The molecule has 4 nitrogen and oxygen atoms in total. The van der Waals surface area contributed by atoms with Crippen molar-refractivity contribution in [3.05, 3.63) is 65.4 Å². The molecule has 2 aromatic carbocycles. The predicted octanol–water partition coefficient (Wildman–Crippen LogP) is 3.56. The summed E-state index contributed by atoms with van der Waals surface area (Å²) in [7, 11) is 1.63. The second kappa shape index (κ2) is 6.55. The summed E-state index contributed by atoms with van der Waals surface area (Å²) in [4.78, 5) is 3.14. The summed E-state index contributed by atoms with van der Waals surface area (Å²) >= 11 is 0. The van der Waals surface area contributed by atoms with Gasteiger partial charge < -0.3 is 14.8 Å². The van der Waals surface area contributed by atoms with Gasteiger partial charge in [-0.25, -0.2) is 0 Å². The van der Waals surface area contributed by atoms with E-state index in [0.717, 1.165) is 27.8 Å². The number of hydrogen-bond donors (Lipinski definition) is 2. The van der Waals surface area contributed by atoms with Crippen molar-refractivity contribution in [1.29, 1.82) is 5.26 Å². The molecule has 3 aromatic rings. The second-order valence-corrected chi connectivity index (χ2v) is 5.43. The number of nitriles is 1. The first-order valence-electron chi connectivity index (χ1n) is 7.53. The Morgan fingerprint density at radius 2 is 2.04 bits per heavy atom. The van der Waals surface area contributed by atoms with Crippen LogP contribution in [0.3, 0.4) is 0 Å². The zero-order chi connectivity index (χ0) is 16.2. The summed E-state index contributed by atoms with van der Waals surface area (Å²) in [5, 5.41) is 19.8. The molecule has 0 saturated carbocycles. The van der Waals surface area contributed by atoms with Crippen LogP contribution in [-0.4, -0.2) is 23.8 Å². The van der Waals surface area contributed by atoms with Crippen molar-refractivity contribution in [1.82, 2.24) is 4.98 Å². The molecule has 0 fully saturated rings. The Kier molecular flexibility index (Phi) is 4.31. The fraction of sp³-hybridized carbons (Fsp3) is 0.211. The summed E-state index contributed by atoms with van der Waals surface area (Å²) in [5.41, 5.74) is 3.59. The third-order valence-electron chi connectivity index (χ3n) is 4.14. The van der Waals surface area contributed by atoms with Crippen LogP contribution < -0.4 is 4.74 Å². The lowest BCUT2D eigenvalue weighted by atomic mass is 9.86. The third kappa shape index (κ3) is 2.79. The maximum absolute atomic E-state index is 9.53. The summed E-state index contributed by atoms with van der Waals surface area (Å²) in [5.74, 6) is 0.736. The Balaban J connectivity index is 2.26. The van der Waals surface area contributed by atoms with Gasteiger partial charge in [-0.3, -0.25) is 0 Å². The van der Waals surface area contributed by atoms with Gasteiger partial charge in [0.1, 0.15) is 11.8 Å². The van der Waals surface area contributed by atoms with Crippen LogP contribution in [0, 0.1) is 11.3 Å². The van der Waals surface area contributed by atoms with Crippen molar-refractivity contribution in [3.8, 4) is 11.8 Å². The van der Waals surface area contributed by atoms with Gasteiger partial charge in [-0.1, -0.05) is 30.3 Å². The van der Waals surface area contributed by atoms with E-state index in [2.05, 4.69) is 11.1 Å². The van der Waals surface area contributed by atoms with Crippen LogP contribution in [0.1, 0.15) is 29.0 Å². The number of fused-ring (bicyclic) bond motifs is 1. The summed E-state index contributed by atoms with van der Waals surface area (Å²) < 4.78 is 5.40. The third-order valence-corrected chi connectivity index (χ3v) is 4.14. The molecule has 116 valence electrons. The SMILES string of the molecule is COc1cc(C(CCO)c2ccccc2)c2c(C#N)c[nH]c2c1. The van der Waals surface area contributed by atoms with Gasteiger partial charge in [0.2, 0.25) is 0 Å². The van der Waals surface area contributed by atoms with Gasteiger partial charge >= 0.3 is 0 Å². The summed E-state index contributed by atoms with van der Waals surface area (Å²) in [6, 6.07) is 16.1. The highest BCUT2D eigenvalue weighted by Crippen LogP contribution is 2.37. The van der Waals surface area contributed by atoms with E-state index >= 15 is 0 Å². The van der Waals surface area contributed by atoms with E-state index in [9.17, 15) is 10.4 Å². The van der Waals surface area contributed by atoms with E-state index in [0.29, 0.717) is 12.0 Å². The molecule has 0 aliphatic heterocycles. The zero-order valence-electron chi connectivity index (χ0n) is 12.9. The average molecular weight is 306 g/mol. The van der Waals surface area contributed by atoms with Crippen molar-refractivity contribution in [2.75, 3.05) is 13.7 Å². The van der Waals surface area contributed by atoms with E-state index in [1.165, 1.54) is 0 Å². The van der Waals surface area contributed by atoms with Gasteiger partial charge in [0.25, 0.3) is 0 Å². The van der Waals surface area contributed by atoms with Crippen LogP contribution in [0.5, 0.6) is 5.75 Å². The van der Waals surface area contributed by atoms with E-state index < -0.39 is 0 Å². The smallest absolute Gasteiger partial charge is 0.121 e. The molecule has 0 spiro atoms. The normalized spacial score (nSPS) is 12.0. The van der Waals surface area contributed by atoms with Crippen LogP contribution in [-0.2, 0) is 0 Å². The highest BCUT2D eigenvalue weighted by molar-refractivity contribution is 5.91. The Morgan fingerprint density at radius 1 is 1.26 bits per heavy atom. The Bertz CT molecular complexity index is 847. The maximum Gasteiger partial charge on any atom is 0.121 e. The fourth-order valence-corrected chi connectivity index (χ4v) is 3.07. The molecule has 0 aliphatic carbocycles. The molecule has 0 bridgehead atoms. The number of benzene rings is 2. The number of aromatic amines is 1. The molecule has 0 radical (unpaired) electrons. The minimum absolute atomic E-state index is 0.00157. The summed E-state index contributed by atoms with van der Waals surface area (Å²) in [6.45, 7) is 0.0740. The molecule has 0 amide bonds. The van der Waals surface area contributed by atoms with Gasteiger partial charge in [0.05, 0.1) is 18.2 Å². The van der Waals surface area contributed by atoms with Crippen molar-refractivity contribution in [3.63, 3.8) is 0 Å². The second-order valence-electron chi connectivity index (χ2n) is 5.43. The maximum atomic E-state index is 9.53. The lowest BCUT2D eigenvalue weighted by Crippen LogP contribution is -2.05. The molecule has 1 aromatic heterocycles. The molecular weight excluding hydrogens is 288 g/mol. The van der Waals surface area contributed by atoms with Gasteiger partial charge in [-0.15, -0.1) is 0 Å². The molecule has 2 N–H and O–H groups in total. The van der Waals surface area contributed by atoms with Gasteiger partial charge in [-0.2, -0.15) is 5.26 Å². The summed E-state index contributed by atoms with van der Waals surface area (Å²) in [6.07, 6.45) is 2.30. The number of H-pyrrole nitrogens is 1. The molecule has 1 unspecified atom stereocenters. The van der Waals surface area contributed by atoms with Crippen molar-refractivity contribution in [2.24, 2.45) is 0 Å². The lowest BCUT2D eigenvalue weighted by Gasteiger charge is -2.19. The number of aliphatic hydroxyl groups excluding tert-OH is 1. The molecule has 0 aliphatic rings. The van der Waals surface area contributed by atoms with E-state index in [1.807, 2.05) is 42.5 Å². The molecule has 4 heteroatoms. The Labute approximate surface area is 135 Å².